The van der Waals surface area contributed by atoms with Gasteiger partial charge in [0.05, 0.1) is 10.7 Å². The van der Waals surface area contributed by atoms with Crippen LogP contribution in [-0.2, 0) is 13.0 Å². The monoisotopic (exact) mass is 253 g/mol. The number of nitrogens with two attached hydrogens (primary N) is 1. The third kappa shape index (κ3) is 3.50. The van der Waals surface area contributed by atoms with E-state index in [0.717, 1.165) is 24.6 Å². The lowest BCUT2D eigenvalue weighted by molar-refractivity contribution is 0.194. The van der Waals surface area contributed by atoms with Crippen LogP contribution in [0.1, 0.15) is 35.3 Å². The van der Waals surface area contributed by atoms with Crippen LogP contribution < -0.4 is 5.73 Å². The molecule has 0 radical (unpaired) electrons. The topological polar surface area (TPSA) is 42.2 Å². The molecule has 0 spiro atoms. The van der Waals surface area contributed by atoms with E-state index >= 15 is 0 Å². The van der Waals surface area contributed by atoms with Gasteiger partial charge in [-0.25, -0.2) is 4.98 Å². The summed E-state index contributed by atoms with van der Waals surface area (Å²) in [6, 6.07) is 0. The Balaban J connectivity index is 1.81. The number of aromatic nitrogens is 1. The van der Waals surface area contributed by atoms with Gasteiger partial charge in [-0.15, -0.1) is 11.3 Å². The average molecular weight is 253 g/mol. The molecular formula is C13H23N3S. The quantitative estimate of drug-likeness (QED) is 0.894. The minimum absolute atomic E-state index is 0.630. The van der Waals surface area contributed by atoms with Gasteiger partial charge in [-0.3, -0.25) is 0 Å². The highest BCUT2D eigenvalue weighted by Crippen LogP contribution is 2.20. The van der Waals surface area contributed by atoms with Crippen molar-refractivity contribution in [2.45, 2.75) is 39.7 Å². The van der Waals surface area contributed by atoms with Gasteiger partial charge in [0.15, 0.2) is 0 Å². The Morgan fingerprint density at radius 3 is 2.71 bits per heavy atom. The fraction of sp³-hybridized carbons (Fsp3) is 0.769. The number of hydrogen-bond donors (Lipinski definition) is 1. The number of hydrogen-bond acceptors (Lipinski definition) is 4. The van der Waals surface area contributed by atoms with Crippen LogP contribution in [0, 0.1) is 12.8 Å². The van der Waals surface area contributed by atoms with Crippen LogP contribution >= 0.6 is 11.3 Å². The summed E-state index contributed by atoms with van der Waals surface area (Å²) in [7, 11) is 0. The van der Waals surface area contributed by atoms with Crippen LogP contribution in [-0.4, -0.2) is 29.5 Å². The average Bonchev–Trinajstić information content (AvgIpc) is 2.69. The fourth-order valence-corrected chi connectivity index (χ4v) is 3.26. The van der Waals surface area contributed by atoms with Gasteiger partial charge in [0.1, 0.15) is 0 Å². The Hall–Kier alpha value is -0.450. The van der Waals surface area contributed by atoms with Gasteiger partial charge in [0.25, 0.3) is 0 Å². The zero-order chi connectivity index (χ0) is 12.3. The first kappa shape index (κ1) is 13.0. The molecule has 2 rings (SSSR count). The molecule has 1 aromatic rings. The van der Waals surface area contributed by atoms with Crippen molar-refractivity contribution < 1.29 is 0 Å². The van der Waals surface area contributed by atoms with Gasteiger partial charge < -0.3 is 10.6 Å². The first-order valence-electron chi connectivity index (χ1n) is 6.56. The molecule has 0 saturated carbocycles. The first-order valence-corrected chi connectivity index (χ1v) is 7.38. The van der Waals surface area contributed by atoms with Gasteiger partial charge in [-0.05, 0) is 38.8 Å². The molecule has 3 nitrogen and oxygen atoms in total. The van der Waals surface area contributed by atoms with Gasteiger partial charge in [-0.1, -0.05) is 6.92 Å². The molecule has 0 unspecified atom stereocenters. The summed E-state index contributed by atoms with van der Waals surface area (Å²) < 4.78 is 0. The van der Waals surface area contributed by atoms with Gasteiger partial charge in [-0.2, -0.15) is 0 Å². The molecule has 4 heteroatoms. The normalized spacial score (nSPS) is 18.8. The molecular weight excluding hydrogens is 230 g/mol. The van der Waals surface area contributed by atoms with Gasteiger partial charge >= 0.3 is 0 Å². The lowest BCUT2D eigenvalue weighted by Gasteiger charge is -2.29. The van der Waals surface area contributed by atoms with E-state index in [0.29, 0.717) is 6.54 Å². The summed E-state index contributed by atoms with van der Waals surface area (Å²) in [4.78, 5) is 8.40. The van der Waals surface area contributed by atoms with Crippen molar-refractivity contribution in [2.75, 3.05) is 19.6 Å². The largest absolute Gasteiger partial charge is 0.326 e. The molecule has 0 amide bonds. The van der Waals surface area contributed by atoms with Crippen LogP contribution in [0.5, 0.6) is 0 Å². The van der Waals surface area contributed by atoms with Crippen LogP contribution in [0.2, 0.25) is 0 Å². The minimum Gasteiger partial charge on any atom is -0.326 e. The fourth-order valence-electron chi connectivity index (χ4n) is 2.32. The van der Waals surface area contributed by atoms with E-state index in [1.807, 2.05) is 0 Å². The summed E-state index contributed by atoms with van der Waals surface area (Å²) in [5.41, 5.74) is 6.80. The smallest absolute Gasteiger partial charge is 0.0944 e. The highest BCUT2D eigenvalue weighted by atomic mass is 32.1. The van der Waals surface area contributed by atoms with E-state index in [9.17, 15) is 0 Å². The van der Waals surface area contributed by atoms with Gasteiger partial charge in [0.2, 0.25) is 0 Å². The van der Waals surface area contributed by atoms with Crippen LogP contribution in [0.4, 0.5) is 0 Å². The highest BCUT2D eigenvalue weighted by Gasteiger charge is 2.16. The molecule has 1 aliphatic rings. The van der Waals surface area contributed by atoms with Crippen LogP contribution in [0.3, 0.4) is 0 Å². The summed E-state index contributed by atoms with van der Waals surface area (Å²) in [5.74, 6) is 0.914. The SMILES string of the molecule is Cc1nc(CCN2CCC(C)CC2)sc1CN. The molecule has 17 heavy (non-hydrogen) atoms. The molecule has 2 N–H and O–H groups in total. The van der Waals surface area contributed by atoms with Crippen molar-refractivity contribution in [1.82, 2.24) is 9.88 Å². The molecule has 0 aliphatic carbocycles. The van der Waals surface area contributed by atoms with Crippen molar-refractivity contribution in [2.24, 2.45) is 11.7 Å². The van der Waals surface area contributed by atoms with E-state index in [2.05, 4.69) is 23.7 Å². The van der Waals surface area contributed by atoms with Gasteiger partial charge in [0, 0.05) is 24.4 Å². The summed E-state index contributed by atoms with van der Waals surface area (Å²) in [5, 5.41) is 1.25. The van der Waals surface area contributed by atoms with Crippen molar-refractivity contribution in [3.63, 3.8) is 0 Å². The predicted molar refractivity (Wildman–Crippen MR) is 73.3 cm³/mol. The second-order valence-corrected chi connectivity index (χ2v) is 6.26. The first-order chi connectivity index (χ1) is 8.19. The number of rotatable bonds is 4. The molecule has 0 bridgehead atoms. The maximum absolute atomic E-state index is 5.68. The van der Waals surface area contributed by atoms with Crippen molar-refractivity contribution in [3.05, 3.63) is 15.6 Å². The molecule has 1 aromatic heterocycles. The molecule has 2 heterocycles. The Labute approximate surface area is 108 Å². The van der Waals surface area contributed by atoms with E-state index < -0.39 is 0 Å². The molecule has 1 fully saturated rings. The van der Waals surface area contributed by atoms with Crippen LogP contribution in [0.15, 0.2) is 0 Å². The predicted octanol–water partition coefficient (Wildman–Crippen LogP) is 2.18. The van der Waals surface area contributed by atoms with Crippen molar-refractivity contribution >= 4 is 11.3 Å². The second-order valence-electron chi connectivity index (χ2n) is 5.09. The Morgan fingerprint density at radius 2 is 2.12 bits per heavy atom. The van der Waals surface area contributed by atoms with Crippen LogP contribution in [0.25, 0.3) is 0 Å². The molecule has 1 saturated heterocycles. The third-order valence-corrected chi connectivity index (χ3v) is 4.88. The molecule has 0 atom stereocenters. The molecule has 1 aliphatic heterocycles. The second kappa shape index (κ2) is 5.94. The number of aryl methyl sites for hydroxylation is 1. The Kier molecular flexibility index (Phi) is 4.54. The molecule has 96 valence electrons. The maximum atomic E-state index is 5.68. The zero-order valence-electron chi connectivity index (χ0n) is 10.9. The lowest BCUT2D eigenvalue weighted by atomic mass is 9.99. The van der Waals surface area contributed by atoms with Crippen molar-refractivity contribution in [1.29, 1.82) is 0 Å². The Morgan fingerprint density at radius 1 is 1.41 bits per heavy atom. The van der Waals surface area contributed by atoms with E-state index in [-0.39, 0.29) is 0 Å². The number of thiazole rings is 1. The zero-order valence-corrected chi connectivity index (χ0v) is 11.7. The Bertz CT molecular complexity index is 354. The maximum Gasteiger partial charge on any atom is 0.0944 e. The third-order valence-electron chi connectivity index (χ3n) is 3.64. The molecule has 0 aromatic carbocycles. The summed E-state index contributed by atoms with van der Waals surface area (Å²) >= 11 is 1.79. The van der Waals surface area contributed by atoms with Crippen molar-refractivity contribution in [3.8, 4) is 0 Å². The summed E-state index contributed by atoms with van der Waals surface area (Å²) in [6.45, 7) is 8.72. The number of nitrogens with zero attached hydrogens (tertiary/aromatic N) is 2. The highest BCUT2D eigenvalue weighted by molar-refractivity contribution is 7.11. The summed E-state index contributed by atoms with van der Waals surface area (Å²) in [6.07, 6.45) is 3.79. The lowest BCUT2D eigenvalue weighted by Crippen LogP contribution is -2.34. The minimum atomic E-state index is 0.630. The number of piperidine rings is 1. The van der Waals surface area contributed by atoms with E-state index in [1.54, 1.807) is 11.3 Å². The number of likely N-dealkylation sites (tertiary alicyclic amines) is 1. The standard InChI is InChI=1S/C13H23N3S/c1-10-3-6-16(7-4-10)8-5-13-15-11(2)12(9-14)17-13/h10H,3-9,14H2,1-2H3. The van der Waals surface area contributed by atoms with E-state index in [4.69, 9.17) is 5.73 Å². The van der Waals surface area contributed by atoms with E-state index in [1.165, 1.54) is 35.8 Å².